The predicted molar refractivity (Wildman–Crippen MR) is 115 cm³/mol. The van der Waals surface area contributed by atoms with Gasteiger partial charge >= 0.3 is 11.7 Å². The topological polar surface area (TPSA) is 99.0 Å². The van der Waals surface area contributed by atoms with Crippen molar-refractivity contribution >= 4 is 44.8 Å². The lowest BCUT2D eigenvalue weighted by molar-refractivity contribution is -0.142. The number of imidazole rings is 1. The highest BCUT2D eigenvalue weighted by Crippen LogP contribution is 2.29. The Morgan fingerprint density at radius 2 is 2.10 bits per heavy atom. The number of halogens is 1. The summed E-state index contributed by atoms with van der Waals surface area (Å²) in [6, 6.07) is 7.69. The summed E-state index contributed by atoms with van der Waals surface area (Å²) in [6.07, 6.45) is 0.541. The number of aromatic nitrogens is 4. The number of fused-ring (bicyclic) bond motifs is 1. The number of aryl methyl sites for hydroxylation is 1. The number of carbonyl (C=O) groups excluding carboxylic acids is 1. The maximum atomic E-state index is 12.6. The maximum Gasteiger partial charge on any atom is 0.329 e. The highest BCUT2D eigenvalue weighted by molar-refractivity contribution is 9.10. The van der Waals surface area contributed by atoms with E-state index in [9.17, 15) is 14.4 Å². The van der Waals surface area contributed by atoms with Crippen LogP contribution in [0.5, 0.6) is 0 Å². The summed E-state index contributed by atoms with van der Waals surface area (Å²) in [5.41, 5.74) is 0.450. The van der Waals surface area contributed by atoms with Gasteiger partial charge in [0.1, 0.15) is 5.25 Å². The lowest BCUT2D eigenvalue weighted by Crippen LogP contribution is -2.29. The van der Waals surface area contributed by atoms with E-state index in [0.717, 1.165) is 10.0 Å². The number of carbonyl (C=O) groups is 1. The first-order chi connectivity index (χ1) is 13.8. The van der Waals surface area contributed by atoms with Crippen LogP contribution in [-0.4, -0.2) is 36.9 Å². The molecule has 1 aromatic carbocycles. The number of hydrogen-bond acceptors (Lipinski definition) is 6. The number of hydrogen-bond donors (Lipinski definition) is 1. The molecule has 0 saturated heterocycles. The number of thioether (sulfide) groups is 1. The van der Waals surface area contributed by atoms with Gasteiger partial charge in [0.05, 0.1) is 13.2 Å². The van der Waals surface area contributed by atoms with Crippen LogP contribution >= 0.6 is 27.7 Å². The molecule has 29 heavy (non-hydrogen) atoms. The summed E-state index contributed by atoms with van der Waals surface area (Å²) in [6.45, 7) is 4.29. The third kappa shape index (κ3) is 4.48. The van der Waals surface area contributed by atoms with E-state index in [1.165, 1.54) is 16.3 Å². The third-order valence-electron chi connectivity index (χ3n) is 4.37. The van der Waals surface area contributed by atoms with E-state index in [2.05, 4.69) is 25.9 Å². The molecule has 3 rings (SSSR count). The van der Waals surface area contributed by atoms with Crippen LogP contribution in [0.15, 0.2) is 43.5 Å². The molecule has 154 valence electrons. The molecule has 0 bridgehead atoms. The summed E-state index contributed by atoms with van der Waals surface area (Å²) < 4.78 is 9.10. The zero-order valence-electron chi connectivity index (χ0n) is 16.3. The molecule has 0 aliphatic heterocycles. The number of aromatic amines is 1. The van der Waals surface area contributed by atoms with E-state index >= 15 is 0 Å². The number of esters is 1. The highest BCUT2D eigenvalue weighted by atomic mass is 79.9. The largest absolute Gasteiger partial charge is 0.465 e. The standard InChI is InChI=1S/C19H21BrN4O4S/c1-4-13(17(26)28-5-2)29-19-21-15-14(16(25)22-18(27)23(15)3)24(19)10-11-7-6-8-12(20)9-11/h6-9,13H,4-5,10H2,1-3H3,(H,22,25,27). The van der Waals surface area contributed by atoms with Gasteiger partial charge in [-0.05, 0) is 31.0 Å². The van der Waals surface area contributed by atoms with Gasteiger partial charge in [0.15, 0.2) is 16.3 Å². The first-order valence-corrected chi connectivity index (χ1v) is 10.8. The van der Waals surface area contributed by atoms with Gasteiger partial charge in [-0.15, -0.1) is 0 Å². The van der Waals surface area contributed by atoms with Gasteiger partial charge < -0.3 is 9.30 Å². The number of nitrogens with zero attached hydrogens (tertiary/aromatic N) is 3. The Hall–Kier alpha value is -2.33. The molecule has 1 unspecified atom stereocenters. The smallest absolute Gasteiger partial charge is 0.329 e. The number of nitrogens with one attached hydrogen (secondary N) is 1. The van der Waals surface area contributed by atoms with Crippen LogP contribution in [0.2, 0.25) is 0 Å². The van der Waals surface area contributed by atoms with E-state index in [0.29, 0.717) is 24.7 Å². The van der Waals surface area contributed by atoms with Gasteiger partial charge in [-0.1, -0.05) is 46.7 Å². The Morgan fingerprint density at radius 3 is 2.76 bits per heavy atom. The molecule has 0 radical (unpaired) electrons. The van der Waals surface area contributed by atoms with Crippen molar-refractivity contribution in [1.29, 1.82) is 0 Å². The van der Waals surface area contributed by atoms with Crippen LogP contribution in [0.1, 0.15) is 25.8 Å². The Labute approximate surface area is 179 Å². The highest BCUT2D eigenvalue weighted by Gasteiger charge is 2.25. The van der Waals surface area contributed by atoms with Crippen molar-refractivity contribution in [2.24, 2.45) is 7.05 Å². The second-order valence-corrected chi connectivity index (χ2v) is 8.45. The minimum atomic E-state index is -0.538. The summed E-state index contributed by atoms with van der Waals surface area (Å²) in [5.74, 6) is -0.330. The number of rotatable bonds is 7. The molecule has 3 aromatic rings. The molecule has 0 aliphatic rings. The quantitative estimate of drug-likeness (QED) is 0.412. The fourth-order valence-corrected chi connectivity index (χ4v) is 4.38. The maximum absolute atomic E-state index is 12.6. The molecule has 8 nitrogen and oxygen atoms in total. The molecule has 0 aliphatic carbocycles. The van der Waals surface area contributed by atoms with Crippen molar-refractivity contribution in [1.82, 2.24) is 19.1 Å². The second kappa shape index (κ2) is 9.00. The summed E-state index contributed by atoms with van der Waals surface area (Å²) >= 11 is 4.69. The van der Waals surface area contributed by atoms with Gasteiger partial charge in [-0.25, -0.2) is 9.78 Å². The van der Waals surface area contributed by atoms with Crippen molar-refractivity contribution in [2.75, 3.05) is 6.61 Å². The molecule has 0 spiro atoms. The van der Waals surface area contributed by atoms with Crippen molar-refractivity contribution < 1.29 is 9.53 Å². The van der Waals surface area contributed by atoms with E-state index in [1.807, 2.05) is 31.2 Å². The average Bonchev–Trinajstić information content (AvgIpc) is 3.03. The van der Waals surface area contributed by atoms with E-state index in [1.54, 1.807) is 18.5 Å². The third-order valence-corrected chi connectivity index (χ3v) is 6.20. The molecule has 0 saturated carbocycles. The van der Waals surface area contributed by atoms with Crippen LogP contribution in [-0.2, 0) is 23.1 Å². The molecule has 0 fully saturated rings. The van der Waals surface area contributed by atoms with Crippen LogP contribution in [0.3, 0.4) is 0 Å². The molecule has 1 atom stereocenters. The molecule has 2 aromatic heterocycles. The fraction of sp³-hybridized carbons (Fsp3) is 0.368. The number of ether oxygens (including phenoxy) is 1. The normalized spacial score (nSPS) is 12.3. The van der Waals surface area contributed by atoms with Gasteiger partial charge in [0.2, 0.25) is 0 Å². The van der Waals surface area contributed by atoms with Crippen molar-refractivity contribution in [2.45, 2.75) is 37.2 Å². The first kappa shape index (κ1) is 21.4. The van der Waals surface area contributed by atoms with Gasteiger partial charge in [0.25, 0.3) is 5.56 Å². The first-order valence-electron chi connectivity index (χ1n) is 9.13. The van der Waals surface area contributed by atoms with Crippen molar-refractivity contribution in [3.8, 4) is 0 Å². The van der Waals surface area contributed by atoms with Crippen molar-refractivity contribution in [3.63, 3.8) is 0 Å². The minimum Gasteiger partial charge on any atom is -0.465 e. The van der Waals surface area contributed by atoms with Crippen LogP contribution < -0.4 is 11.2 Å². The lowest BCUT2D eigenvalue weighted by atomic mass is 10.2. The SMILES string of the molecule is CCOC(=O)C(CC)Sc1nc2c(c(=O)[nH]c(=O)n2C)n1Cc1cccc(Br)c1. The van der Waals surface area contributed by atoms with E-state index in [-0.39, 0.29) is 17.1 Å². The van der Waals surface area contributed by atoms with Gasteiger partial charge in [0, 0.05) is 11.5 Å². The Bertz CT molecular complexity index is 1170. The molecule has 10 heteroatoms. The van der Waals surface area contributed by atoms with Crippen molar-refractivity contribution in [3.05, 3.63) is 55.1 Å². The molecular weight excluding hydrogens is 460 g/mol. The molecule has 1 N–H and O–H groups in total. The van der Waals surface area contributed by atoms with Crippen LogP contribution in [0.4, 0.5) is 0 Å². The zero-order valence-corrected chi connectivity index (χ0v) is 18.7. The molecular formula is C19H21BrN4O4S. The second-order valence-electron chi connectivity index (χ2n) is 6.37. The van der Waals surface area contributed by atoms with E-state index in [4.69, 9.17) is 4.74 Å². The Morgan fingerprint density at radius 1 is 1.34 bits per heavy atom. The Kier molecular flexibility index (Phi) is 6.63. The molecule has 2 heterocycles. The van der Waals surface area contributed by atoms with Gasteiger partial charge in [-0.2, -0.15) is 0 Å². The summed E-state index contributed by atoms with van der Waals surface area (Å²) in [4.78, 5) is 43.8. The fourth-order valence-electron chi connectivity index (χ4n) is 2.93. The summed E-state index contributed by atoms with van der Waals surface area (Å²) in [7, 11) is 1.55. The number of benzene rings is 1. The van der Waals surface area contributed by atoms with Crippen LogP contribution in [0.25, 0.3) is 11.2 Å². The molecule has 0 amide bonds. The number of H-pyrrole nitrogens is 1. The summed E-state index contributed by atoms with van der Waals surface area (Å²) in [5, 5.41) is 0.00992. The average molecular weight is 481 g/mol. The lowest BCUT2D eigenvalue weighted by Gasteiger charge is -2.14. The van der Waals surface area contributed by atoms with Gasteiger partial charge in [-0.3, -0.25) is 19.1 Å². The van der Waals surface area contributed by atoms with Crippen LogP contribution in [0, 0.1) is 0 Å². The van der Waals surface area contributed by atoms with E-state index < -0.39 is 16.5 Å². The minimum absolute atomic E-state index is 0.273. The zero-order chi connectivity index (χ0) is 21.1. The predicted octanol–water partition coefficient (Wildman–Crippen LogP) is 2.67. The Balaban J connectivity index is 2.16. The monoisotopic (exact) mass is 480 g/mol.